The van der Waals surface area contributed by atoms with Crippen LogP contribution in [0.15, 0.2) is 10.7 Å². The van der Waals surface area contributed by atoms with Crippen molar-refractivity contribution >= 4 is 27.7 Å². The number of nitro groups is 1. The minimum Gasteiger partial charge on any atom is -0.466 e. The van der Waals surface area contributed by atoms with Crippen LogP contribution < -0.4 is 0 Å². The minimum atomic E-state index is -2.91. The molecule has 1 aromatic rings. The Kier molecular flexibility index (Phi) is 5.28. The van der Waals surface area contributed by atoms with Crippen molar-refractivity contribution < 1.29 is 23.2 Å². The molecule has 0 radical (unpaired) electrons. The number of esters is 1. The van der Waals surface area contributed by atoms with Crippen LogP contribution in [0.5, 0.6) is 0 Å². The second-order valence-corrected chi connectivity index (χ2v) is 4.13. The van der Waals surface area contributed by atoms with Crippen LogP contribution in [0.3, 0.4) is 0 Å². The van der Waals surface area contributed by atoms with Gasteiger partial charge in [0.1, 0.15) is 0 Å². The third kappa shape index (κ3) is 3.91. The summed E-state index contributed by atoms with van der Waals surface area (Å²) in [6, 6.07) is 0.850. The zero-order chi connectivity index (χ0) is 14.6. The molecule has 1 rings (SSSR count). The lowest BCUT2D eigenvalue weighted by Gasteiger charge is -2.08. The van der Waals surface area contributed by atoms with Crippen LogP contribution in [0.1, 0.15) is 24.5 Å². The summed E-state index contributed by atoms with van der Waals surface area (Å²) in [5.41, 5.74) is -0.722. The van der Waals surface area contributed by atoms with E-state index in [1.807, 2.05) is 0 Å². The van der Waals surface area contributed by atoms with Gasteiger partial charge in [0.05, 0.1) is 18.6 Å². The molecule has 0 aliphatic carbocycles. The quantitative estimate of drug-likeness (QED) is 0.357. The Morgan fingerprint density at radius 3 is 2.74 bits per heavy atom. The standard InChI is InChI=1S/C10H9BrF2N2O4/c1-2-19-7(16)4-5-3-6(15(17)18)14-9(11)8(5)10(12)13/h3,10H,2,4H2,1H3. The minimum absolute atomic E-state index is 0.0944. The largest absolute Gasteiger partial charge is 0.466 e. The van der Waals surface area contributed by atoms with E-state index in [2.05, 4.69) is 25.7 Å². The Bertz CT molecular complexity index is 511. The topological polar surface area (TPSA) is 82.3 Å². The Hall–Kier alpha value is -1.64. The van der Waals surface area contributed by atoms with Crippen molar-refractivity contribution in [3.05, 3.63) is 31.9 Å². The number of rotatable bonds is 5. The highest BCUT2D eigenvalue weighted by molar-refractivity contribution is 9.10. The van der Waals surface area contributed by atoms with E-state index >= 15 is 0 Å². The maximum Gasteiger partial charge on any atom is 0.364 e. The maximum absolute atomic E-state index is 12.9. The van der Waals surface area contributed by atoms with Gasteiger partial charge in [0.2, 0.25) is 4.60 Å². The SMILES string of the molecule is CCOC(=O)Cc1cc([N+](=O)[O-])nc(Br)c1C(F)F. The highest BCUT2D eigenvalue weighted by Gasteiger charge is 2.26. The summed E-state index contributed by atoms with van der Waals surface area (Å²) < 4.78 is 30.0. The smallest absolute Gasteiger partial charge is 0.364 e. The van der Waals surface area contributed by atoms with Crippen LogP contribution in [0.25, 0.3) is 0 Å². The van der Waals surface area contributed by atoms with E-state index < -0.39 is 35.1 Å². The van der Waals surface area contributed by atoms with Crippen LogP contribution in [-0.4, -0.2) is 22.5 Å². The number of hydrogen-bond acceptors (Lipinski definition) is 5. The lowest BCUT2D eigenvalue weighted by atomic mass is 10.1. The molecule has 104 valence electrons. The Balaban J connectivity index is 3.24. The number of carbonyl (C=O) groups excluding carboxylic acids is 1. The zero-order valence-corrected chi connectivity index (χ0v) is 11.3. The zero-order valence-electron chi connectivity index (χ0n) is 9.73. The van der Waals surface area contributed by atoms with Crippen LogP contribution >= 0.6 is 15.9 Å². The first-order valence-corrected chi connectivity index (χ1v) is 5.93. The molecule has 0 unspecified atom stereocenters. The van der Waals surface area contributed by atoms with Gasteiger partial charge in [-0.25, -0.2) is 8.78 Å². The molecule has 1 heterocycles. The van der Waals surface area contributed by atoms with E-state index in [0.29, 0.717) is 0 Å². The molecule has 0 aliphatic rings. The summed E-state index contributed by atoms with van der Waals surface area (Å²) in [5.74, 6) is -1.35. The van der Waals surface area contributed by atoms with E-state index in [-0.39, 0.29) is 16.8 Å². The third-order valence-electron chi connectivity index (χ3n) is 2.13. The van der Waals surface area contributed by atoms with E-state index in [9.17, 15) is 23.7 Å². The molecule has 0 atom stereocenters. The number of pyridine rings is 1. The van der Waals surface area contributed by atoms with Gasteiger partial charge in [0.15, 0.2) is 0 Å². The van der Waals surface area contributed by atoms with Gasteiger partial charge in [0.25, 0.3) is 6.43 Å². The molecule has 0 aliphatic heterocycles. The van der Waals surface area contributed by atoms with Crippen LogP contribution in [-0.2, 0) is 16.0 Å². The summed E-state index contributed by atoms with van der Waals surface area (Å²) in [7, 11) is 0. The summed E-state index contributed by atoms with van der Waals surface area (Å²) in [6.45, 7) is 1.66. The van der Waals surface area contributed by atoms with Gasteiger partial charge in [-0.3, -0.25) is 4.79 Å². The predicted molar refractivity (Wildman–Crippen MR) is 63.9 cm³/mol. The molecule has 19 heavy (non-hydrogen) atoms. The number of hydrogen-bond donors (Lipinski definition) is 0. The Morgan fingerprint density at radius 2 is 2.26 bits per heavy atom. The van der Waals surface area contributed by atoms with E-state index in [4.69, 9.17) is 0 Å². The van der Waals surface area contributed by atoms with Crippen LogP contribution in [0.2, 0.25) is 0 Å². The molecule has 0 N–H and O–H groups in total. The predicted octanol–water partition coefficient (Wildman–Crippen LogP) is 2.80. The molecule has 0 bridgehead atoms. The molecule has 9 heteroatoms. The Morgan fingerprint density at radius 1 is 1.63 bits per heavy atom. The second-order valence-electron chi connectivity index (χ2n) is 3.38. The lowest BCUT2D eigenvalue weighted by Crippen LogP contribution is -2.11. The monoisotopic (exact) mass is 338 g/mol. The average Bonchev–Trinajstić information content (AvgIpc) is 2.27. The molecule has 0 fully saturated rings. The maximum atomic E-state index is 12.9. The van der Waals surface area contributed by atoms with Crippen molar-refractivity contribution in [2.75, 3.05) is 6.61 Å². The number of carbonyl (C=O) groups is 1. The normalized spacial score (nSPS) is 10.6. The molecular formula is C10H9BrF2N2O4. The van der Waals surface area contributed by atoms with Crippen molar-refractivity contribution in [3.8, 4) is 0 Å². The molecule has 0 saturated carbocycles. The summed E-state index contributed by atoms with van der Waals surface area (Å²) >= 11 is 2.75. The number of aromatic nitrogens is 1. The van der Waals surface area contributed by atoms with Crippen molar-refractivity contribution in [1.82, 2.24) is 4.98 Å². The first-order valence-electron chi connectivity index (χ1n) is 5.14. The van der Waals surface area contributed by atoms with Gasteiger partial charge in [-0.1, -0.05) is 0 Å². The molecule has 6 nitrogen and oxygen atoms in total. The van der Waals surface area contributed by atoms with E-state index in [0.717, 1.165) is 6.07 Å². The highest BCUT2D eigenvalue weighted by atomic mass is 79.9. The summed E-state index contributed by atoms with van der Waals surface area (Å²) in [4.78, 5) is 24.5. The van der Waals surface area contributed by atoms with Crippen molar-refractivity contribution in [2.45, 2.75) is 19.8 Å². The fourth-order valence-electron chi connectivity index (χ4n) is 1.40. The van der Waals surface area contributed by atoms with Gasteiger partial charge < -0.3 is 14.9 Å². The van der Waals surface area contributed by atoms with Crippen molar-refractivity contribution in [1.29, 1.82) is 0 Å². The van der Waals surface area contributed by atoms with E-state index in [1.165, 1.54) is 0 Å². The van der Waals surface area contributed by atoms with E-state index in [1.54, 1.807) is 6.92 Å². The molecule has 0 saturated heterocycles. The van der Waals surface area contributed by atoms with Crippen LogP contribution in [0, 0.1) is 10.1 Å². The van der Waals surface area contributed by atoms with Crippen LogP contribution in [0.4, 0.5) is 14.6 Å². The molecule has 0 amide bonds. The number of alkyl halides is 2. The number of nitrogens with zero attached hydrogens (tertiary/aromatic N) is 2. The van der Waals surface area contributed by atoms with Crippen molar-refractivity contribution in [2.24, 2.45) is 0 Å². The molecule has 1 aromatic heterocycles. The molecule has 0 aromatic carbocycles. The summed E-state index contributed by atoms with van der Waals surface area (Å²) in [5, 5.41) is 10.6. The fourth-order valence-corrected chi connectivity index (χ4v) is 2.01. The van der Waals surface area contributed by atoms with Gasteiger partial charge >= 0.3 is 11.8 Å². The third-order valence-corrected chi connectivity index (χ3v) is 2.73. The highest BCUT2D eigenvalue weighted by Crippen LogP contribution is 2.32. The van der Waals surface area contributed by atoms with Gasteiger partial charge in [-0.2, -0.15) is 0 Å². The first-order chi connectivity index (χ1) is 8.86. The number of ether oxygens (including phenoxy) is 1. The van der Waals surface area contributed by atoms with Gasteiger partial charge in [0, 0.05) is 22.0 Å². The van der Waals surface area contributed by atoms with Gasteiger partial charge in [-0.05, 0) is 22.4 Å². The number of halogens is 3. The summed E-state index contributed by atoms with van der Waals surface area (Å²) in [6.07, 6.45) is -3.39. The fraction of sp³-hybridized carbons (Fsp3) is 0.400. The first kappa shape index (κ1) is 15.4. The average molecular weight is 339 g/mol. The molecular weight excluding hydrogens is 330 g/mol. The van der Waals surface area contributed by atoms with Gasteiger partial charge in [-0.15, -0.1) is 0 Å². The van der Waals surface area contributed by atoms with Crippen molar-refractivity contribution in [3.63, 3.8) is 0 Å². The molecule has 0 spiro atoms. The second kappa shape index (κ2) is 6.50. The Labute approximate surface area is 115 Å². The lowest BCUT2D eigenvalue weighted by molar-refractivity contribution is -0.389.